The van der Waals surface area contributed by atoms with Crippen molar-refractivity contribution in [3.8, 4) is 11.5 Å². The van der Waals surface area contributed by atoms with Gasteiger partial charge in [0.2, 0.25) is 6.79 Å². The van der Waals surface area contributed by atoms with Gasteiger partial charge in [-0.1, -0.05) is 32.0 Å². The molecule has 0 spiro atoms. The molecule has 0 fully saturated rings. The fourth-order valence-corrected chi connectivity index (χ4v) is 2.51. The molecule has 0 atom stereocenters. The fourth-order valence-electron chi connectivity index (χ4n) is 2.51. The highest BCUT2D eigenvalue weighted by atomic mass is 16.7. The third-order valence-corrected chi connectivity index (χ3v) is 4.02. The lowest BCUT2D eigenvalue weighted by atomic mass is 10.0. The number of carbonyl (C=O) groups excluding carboxylic acids is 2. The van der Waals surface area contributed by atoms with E-state index in [-0.39, 0.29) is 13.4 Å². The van der Waals surface area contributed by atoms with Gasteiger partial charge < -0.3 is 19.5 Å². The molecule has 0 radical (unpaired) electrons. The lowest BCUT2D eigenvalue weighted by Crippen LogP contribution is -2.20. The minimum absolute atomic E-state index is 0.194. The van der Waals surface area contributed by atoms with E-state index in [1.165, 1.54) is 11.6 Å². The molecule has 0 unspecified atom stereocenters. The Bertz CT molecular complexity index is 855. The molecule has 6 nitrogen and oxygen atoms in total. The van der Waals surface area contributed by atoms with E-state index < -0.39 is 11.9 Å². The Labute approximate surface area is 157 Å². The predicted octanol–water partition coefficient (Wildman–Crippen LogP) is 3.73. The molecule has 0 aromatic heterocycles. The summed E-state index contributed by atoms with van der Waals surface area (Å²) in [5.74, 6) is 0.739. The van der Waals surface area contributed by atoms with Crippen LogP contribution >= 0.6 is 0 Å². The molecule has 1 aliphatic heterocycles. The van der Waals surface area contributed by atoms with Crippen molar-refractivity contribution >= 4 is 23.6 Å². The summed E-state index contributed by atoms with van der Waals surface area (Å²) in [6.45, 7) is 4.05. The molecule has 0 saturated carbocycles. The van der Waals surface area contributed by atoms with E-state index in [0.29, 0.717) is 23.1 Å². The SMILES string of the molecule is CC(C)c1ccc(NC(=O)COC(=O)C=Cc2ccc3c(c2)OCO3)cc1. The number of benzene rings is 2. The standard InChI is InChI=1S/C21H21NO5/c1-14(2)16-5-7-17(8-6-16)22-20(23)12-25-21(24)10-4-15-3-9-18-19(11-15)27-13-26-18/h3-11,14H,12-13H2,1-2H3,(H,22,23). The highest BCUT2D eigenvalue weighted by Crippen LogP contribution is 2.32. The molecule has 0 saturated heterocycles. The molecule has 140 valence electrons. The van der Waals surface area contributed by atoms with Crippen molar-refractivity contribution in [1.29, 1.82) is 0 Å². The monoisotopic (exact) mass is 367 g/mol. The number of hydrogen-bond donors (Lipinski definition) is 1. The first-order valence-electron chi connectivity index (χ1n) is 8.65. The summed E-state index contributed by atoms with van der Waals surface area (Å²) in [5.41, 5.74) is 2.62. The highest BCUT2D eigenvalue weighted by Gasteiger charge is 2.12. The van der Waals surface area contributed by atoms with Crippen LogP contribution in [0, 0.1) is 0 Å². The predicted molar refractivity (Wildman–Crippen MR) is 102 cm³/mol. The van der Waals surface area contributed by atoms with E-state index in [1.54, 1.807) is 24.3 Å². The van der Waals surface area contributed by atoms with Crippen LogP contribution in [0.3, 0.4) is 0 Å². The summed E-state index contributed by atoms with van der Waals surface area (Å²) in [7, 11) is 0. The van der Waals surface area contributed by atoms with Gasteiger partial charge in [0.1, 0.15) is 0 Å². The molecule has 1 N–H and O–H groups in total. The quantitative estimate of drug-likeness (QED) is 0.622. The summed E-state index contributed by atoms with van der Waals surface area (Å²) in [6, 6.07) is 12.9. The zero-order valence-corrected chi connectivity index (χ0v) is 15.2. The largest absolute Gasteiger partial charge is 0.454 e. The lowest BCUT2D eigenvalue weighted by Gasteiger charge is -2.08. The van der Waals surface area contributed by atoms with Crippen LogP contribution < -0.4 is 14.8 Å². The van der Waals surface area contributed by atoms with Crippen LogP contribution in [-0.2, 0) is 14.3 Å². The molecule has 1 aliphatic rings. The Morgan fingerprint density at radius 2 is 1.85 bits per heavy atom. The van der Waals surface area contributed by atoms with Crippen molar-refractivity contribution in [2.45, 2.75) is 19.8 Å². The van der Waals surface area contributed by atoms with Crippen molar-refractivity contribution in [3.63, 3.8) is 0 Å². The molecule has 3 rings (SSSR count). The molecule has 1 heterocycles. The molecule has 0 aliphatic carbocycles. The molecule has 27 heavy (non-hydrogen) atoms. The molecular weight excluding hydrogens is 346 g/mol. The number of amides is 1. The Hall–Kier alpha value is -3.28. The molecule has 2 aromatic carbocycles. The summed E-state index contributed by atoms with van der Waals surface area (Å²) in [6.07, 6.45) is 2.86. The summed E-state index contributed by atoms with van der Waals surface area (Å²) in [5, 5.41) is 2.69. The number of rotatable bonds is 6. The smallest absolute Gasteiger partial charge is 0.331 e. The van der Waals surface area contributed by atoms with Crippen molar-refractivity contribution in [2.24, 2.45) is 0 Å². The average Bonchev–Trinajstić information content (AvgIpc) is 3.13. The Balaban J connectivity index is 1.46. The highest BCUT2D eigenvalue weighted by molar-refractivity contribution is 5.94. The second-order valence-electron chi connectivity index (χ2n) is 6.38. The number of esters is 1. The lowest BCUT2D eigenvalue weighted by molar-refractivity contribution is -0.142. The number of ether oxygens (including phenoxy) is 3. The van der Waals surface area contributed by atoms with Gasteiger partial charge in [-0.25, -0.2) is 4.79 Å². The van der Waals surface area contributed by atoms with Crippen LogP contribution in [0.1, 0.15) is 30.9 Å². The van der Waals surface area contributed by atoms with Crippen LogP contribution in [0.4, 0.5) is 5.69 Å². The number of carbonyl (C=O) groups is 2. The topological polar surface area (TPSA) is 73.9 Å². The minimum atomic E-state index is -0.599. The van der Waals surface area contributed by atoms with Gasteiger partial charge in [0.05, 0.1) is 0 Å². The fraction of sp³-hybridized carbons (Fsp3) is 0.238. The number of hydrogen-bond acceptors (Lipinski definition) is 5. The Morgan fingerprint density at radius 1 is 1.11 bits per heavy atom. The van der Waals surface area contributed by atoms with Gasteiger partial charge in [0.25, 0.3) is 5.91 Å². The van der Waals surface area contributed by atoms with Gasteiger partial charge in [-0.15, -0.1) is 0 Å². The first-order chi connectivity index (χ1) is 13.0. The summed E-state index contributed by atoms with van der Waals surface area (Å²) < 4.78 is 15.5. The maximum atomic E-state index is 11.9. The van der Waals surface area contributed by atoms with E-state index in [2.05, 4.69) is 19.2 Å². The van der Waals surface area contributed by atoms with Crippen LogP contribution in [0.15, 0.2) is 48.5 Å². The summed E-state index contributed by atoms with van der Waals surface area (Å²) in [4.78, 5) is 23.7. The van der Waals surface area contributed by atoms with E-state index in [1.807, 2.05) is 24.3 Å². The van der Waals surface area contributed by atoms with Gasteiger partial charge in [0.15, 0.2) is 18.1 Å². The first-order valence-corrected chi connectivity index (χ1v) is 8.65. The van der Waals surface area contributed by atoms with E-state index in [9.17, 15) is 9.59 Å². The number of anilines is 1. The minimum Gasteiger partial charge on any atom is -0.454 e. The van der Waals surface area contributed by atoms with E-state index >= 15 is 0 Å². The molecule has 1 amide bonds. The average molecular weight is 367 g/mol. The third kappa shape index (κ3) is 5.10. The van der Waals surface area contributed by atoms with E-state index in [0.717, 1.165) is 5.56 Å². The molecule has 6 heteroatoms. The van der Waals surface area contributed by atoms with Crippen molar-refractivity contribution < 1.29 is 23.8 Å². The van der Waals surface area contributed by atoms with Crippen molar-refractivity contribution in [2.75, 3.05) is 18.7 Å². The summed E-state index contributed by atoms with van der Waals surface area (Å²) >= 11 is 0. The second kappa shape index (κ2) is 8.40. The third-order valence-electron chi connectivity index (χ3n) is 4.02. The van der Waals surface area contributed by atoms with Gasteiger partial charge in [-0.2, -0.15) is 0 Å². The van der Waals surface area contributed by atoms with Gasteiger partial charge >= 0.3 is 5.97 Å². The molecular formula is C21H21NO5. The normalized spacial score (nSPS) is 12.4. The number of fused-ring (bicyclic) bond motifs is 1. The van der Waals surface area contributed by atoms with E-state index in [4.69, 9.17) is 14.2 Å². The van der Waals surface area contributed by atoms with Gasteiger partial charge in [0, 0.05) is 11.8 Å². The maximum absolute atomic E-state index is 11.9. The van der Waals surface area contributed by atoms with Crippen molar-refractivity contribution in [3.05, 3.63) is 59.7 Å². The Kier molecular flexibility index (Phi) is 5.76. The zero-order chi connectivity index (χ0) is 19.2. The van der Waals surface area contributed by atoms with Crippen LogP contribution in [0.2, 0.25) is 0 Å². The Morgan fingerprint density at radius 3 is 2.59 bits per heavy atom. The van der Waals surface area contributed by atoms with Gasteiger partial charge in [-0.3, -0.25) is 4.79 Å². The molecule has 0 bridgehead atoms. The second-order valence-corrected chi connectivity index (χ2v) is 6.38. The first kappa shape index (κ1) is 18.5. The number of nitrogens with one attached hydrogen (secondary N) is 1. The van der Waals surface area contributed by atoms with Crippen molar-refractivity contribution in [1.82, 2.24) is 0 Å². The van der Waals surface area contributed by atoms with Crippen LogP contribution in [0.25, 0.3) is 6.08 Å². The van der Waals surface area contributed by atoms with Crippen LogP contribution in [0.5, 0.6) is 11.5 Å². The maximum Gasteiger partial charge on any atom is 0.331 e. The zero-order valence-electron chi connectivity index (χ0n) is 15.2. The van der Waals surface area contributed by atoms with Crippen LogP contribution in [-0.4, -0.2) is 25.3 Å². The van der Waals surface area contributed by atoms with Gasteiger partial charge in [-0.05, 0) is 47.4 Å². The molecule has 2 aromatic rings.